The highest BCUT2D eigenvalue weighted by Crippen LogP contribution is 2.19. The van der Waals surface area contributed by atoms with Crippen LogP contribution in [0.3, 0.4) is 0 Å². The molecule has 0 bridgehead atoms. The average molecular weight is 312 g/mol. The smallest absolute Gasteiger partial charge is 0.337 e. The van der Waals surface area contributed by atoms with E-state index >= 15 is 0 Å². The van der Waals surface area contributed by atoms with Crippen LogP contribution in [0.15, 0.2) is 24.3 Å². The van der Waals surface area contributed by atoms with Gasteiger partial charge in [-0.05, 0) is 31.2 Å². The van der Waals surface area contributed by atoms with Gasteiger partial charge in [0.25, 0.3) is 0 Å². The fourth-order valence-electron chi connectivity index (χ4n) is 2.33. The van der Waals surface area contributed by atoms with Crippen LogP contribution in [0.5, 0.6) is 0 Å². The van der Waals surface area contributed by atoms with Crippen molar-refractivity contribution in [3.63, 3.8) is 0 Å². The number of methoxy groups -OCH3 is 1. The molecule has 1 aliphatic rings. The summed E-state index contributed by atoms with van der Waals surface area (Å²) in [6.45, 7) is 3.95. The molecule has 1 heterocycles. The minimum absolute atomic E-state index is 0.140. The van der Waals surface area contributed by atoms with Gasteiger partial charge >= 0.3 is 5.97 Å². The average Bonchev–Trinajstić information content (AvgIpc) is 2.54. The van der Waals surface area contributed by atoms with Crippen LogP contribution in [0.2, 0.25) is 0 Å². The molecule has 1 aromatic rings. The van der Waals surface area contributed by atoms with Gasteiger partial charge in [0.2, 0.25) is 10.0 Å². The number of esters is 1. The summed E-state index contributed by atoms with van der Waals surface area (Å²) >= 11 is 0. The molecule has 0 aliphatic carbocycles. The summed E-state index contributed by atoms with van der Waals surface area (Å²) < 4.78 is 29.8. The Morgan fingerprint density at radius 1 is 1.14 bits per heavy atom. The van der Waals surface area contributed by atoms with Crippen molar-refractivity contribution in [2.45, 2.75) is 6.92 Å². The Labute approximate surface area is 125 Å². The van der Waals surface area contributed by atoms with Crippen LogP contribution >= 0.6 is 0 Å². The zero-order chi connectivity index (χ0) is 15.5. The number of hydrogen-bond acceptors (Lipinski definition) is 5. The van der Waals surface area contributed by atoms with E-state index in [1.165, 1.54) is 11.4 Å². The van der Waals surface area contributed by atoms with Gasteiger partial charge in [-0.25, -0.2) is 13.2 Å². The third kappa shape index (κ3) is 3.54. The van der Waals surface area contributed by atoms with Crippen molar-refractivity contribution in [2.24, 2.45) is 0 Å². The second-order valence-corrected chi connectivity index (χ2v) is 7.08. The van der Waals surface area contributed by atoms with Gasteiger partial charge in [-0.3, -0.25) is 0 Å². The van der Waals surface area contributed by atoms with Crippen molar-refractivity contribution in [2.75, 3.05) is 43.9 Å². The lowest BCUT2D eigenvalue weighted by Crippen LogP contribution is -2.49. The summed E-state index contributed by atoms with van der Waals surface area (Å²) in [5, 5.41) is 0. The molecular formula is C14H20N2O4S. The molecule has 0 N–H and O–H groups in total. The van der Waals surface area contributed by atoms with Crippen LogP contribution in [0.25, 0.3) is 0 Å². The molecule has 116 valence electrons. The maximum Gasteiger partial charge on any atom is 0.337 e. The van der Waals surface area contributed by atoms with E-state index in [-0.39, 0.29) is 11.7 Å². The van der Waals surface area contributed by atoms with E-state index in [0.29, 0.717) is 31.7 Å². The first-order chi connectivity index (χ1) is 9.97. The number of anilines is 1. The Bertz CT molecular complexity index is 590. The van der Waals surface area contributed by atoms with Gasteiger partial charge in [-0.1, -0.05) is 0 Å². The van der Waals surface area contributed by atoms with Gasteiger partial charge in [0.1, 0.15) is 0 Å². The van der Waals surface area contributed by atoms with Crippen LogP contribution in [-0.4, -0.2) is 57.7 Å². The summed E-state index contributed by atoms with van der Waals surface area (Å²) in [6, 6.07) is 7.15. The Morgan fingerprint density at radius 2 is 1.71 bits per heavy atom. The third-order valence-corrected chi connectivity index (χ3v) is 5.53. The lowest BCUT2D eigenvalue weighted by molar-refractivity contribution is 0.0600. The molecule has 1 fully saturated rings. The van der Waals surface area contributed by atoms with Crippen molar-refractivity contribution in [1.82, 2.24) is 4.31 Å². The molecule has 1 saturated heterocycles. The predicted octanol–water partition coefficient (Wildman–Crippen LogP) is 0.945. The van der Waals surface area contributed by atoms with E-state index in [1.807, 2.05) is 12.1 Å². The molecule has 0 atom stereocenters. The zero-order valence-corrected chi connectivity index (χ0v) is 13.1. The van der Waals surface area contributed by atoms with Gasteiger partial charge in [-0.2, -0.15) is 4.31 Å². The minimum atomic E-state index is -3.10. The largest absolute Gasteiger partial charge is 0.465 e. The molecule has 0 unspecified atom stereocenters. The molecule has 0 aromatic heterocycles. The SMILES string of the molecule is CCS(=O)(=O)N1CCN(c2ccc(C(=O)OC)cc2)CC1. The fourth-order valence-corrected chi connectivity index (χ4v) is 3.42. The van der Waals surface area contributed by atoms with Gasteiger partial charge in [0, 0.05) is 31.9 Å². The fraction of sp³-hybridized carbons (Fsp3) is 0.500. The summed E-state index contributed by atoms with van der Waals surface area (Å²) in [5.74, 6) is -0.221. The number of nitrogens with zero attached hydrogens (tertiary/aromatic N) is 2. The molecule has 7 heteroatoms. The van der Waals surface area contributed by atoms with Gasteiger partial charge in [-0.15, -0.1) is 0 Å². The molecule has 6 nitrogen and oxygen atoms in total. The number of rotatable bonds is 4. The maximum atomic E-state index is 11.8. The monoisotopic (exact) mass is 312 g/mol. The summed E-state index contributed by atoms with van der Waals surface area (Å²) in [5.41, 5.74) is 1.49. The van der Waals surface area contributed by atoms with Crippen LogP contribution < -0.4 is 4.90 Å². The zero-order valence-electron chi connectivity index (χ0n) is 12.3. The molecule has 0 spiro atoms. The van der Waals surface area contributed by atoms with Crippen LogP contribution in [0.1, 0.15) is 17.3 Å². The first kappa shape index (κ1) is 15.8. The van der Waals surface area contributed by atoms with Gasteiger partial charge < -0.3 is 9.64 Å². The van der Waals surface area contributed by atoms with E-state index in [1.54, 1.807) is 19.1 Å². The Morgan fingerprint density at radius 3 is 2.19 bits per heavy atom. The van der Waals surface area contributed by atoms with Crippen LogP contribution in [-0.2, 0) is 14.8 Å². The Balaban J connectivity index is 2.01. The first-order valence-electron chi connectivity index (χ1n) is 6.89. The molecule has 1 aromatic carbocycles. The molecular weight excluding hydrogens is 292 g/mol. The number of carbonyl (C=O) groups is 1. The predicted molar refractivity (Wildman–Crippen MR) is 81.0 cm³/mol. The normalized spacial score (nSPS) is 16.8. The van der Waals surface area contributed by atoms with Crippen LogP contribution in [0.4, 0.5) is 5.69 Å². The maximum absolute atomic E-state index is 11.8. The molecule has 2 rings (SSSR count). The topological polar surface area (TPSA) is 66.9 Å². The van der Waals surface area contributed by atoms with Crippen molar-refractivity contribution < 1.29 is 17.9 Å². The molecule has 0 amide bonds. The lowest BCUT2D eigenvalue weighted by Gasteiger charge is -2.35. The Hall–Kier alpha value is -1.60. The van der Waals surface area contributed by atoms with E-state index in [9.17, 15) is 13.2 Å². The number of carbonyl (C=O) groups excluding carboxylic acids is 1. The summed E-state index contributed by atoms with van der Waals surface area (Å²) in [7, 11) is -1.75. The van der Waals surface area contributed by atoms with E-state index in [2.05, 4.69) is 9.64 Å². The van der Waals surface area contributed by atoms with Crippen molar-refractivity contribution >= 4 is 21.7 Å². The number of sulfonamides is 1. The molecule has 21 heavy (non-hydrogen) atoms. The van der Waals surface area contributed by atoms with Gasteiger partial charge in [0.05, 0.1) is 18.4 Å². The minimum Gasteiger partial charge on any atom is -0.465 e. The summed E-state index contributed by atoms with van der Waals surface area (Å²) in [6.07, 6.45) is 0. The molecule has 1 aliphatic heterocycles. The highest BCUT2D eigenvalue weighted by molar-refractivity contribution is 7.89. The summed E-state index contributed by atoms with van der Waals surface area (Å²) in [4.78, 5) is 13.5. The first-order valence-corrected chi connectivity index (χ1v) is 8.50. The van der Waals surface area contributed by atoms with Crippen molar-refractivity contribution in [1.29, 1.82) is 0 Å². The van der Waals surface area contributed by atoms with Gasteiger partial charge in [0.15, 0.2) is 0 Å². The Kier molecular flexibility index (Phi) is 4.84. The number of ether oxygens (including phenoxy) is 1. The van der Waals surface area contributed by atoms with Crippen molar-refractivity contribution in [3.8, 4) is 0 Å². The third-order valence-electron chi connectivity index (χ3n) is 3.65. The second-order valence-electron chi connectivity index (χ2n) is 4.83. The number of benzene rings is 1. The van der Waals surface area contributed by atoms with E-state index in [0.717, 1.165) is 5.69 Å². The highest BCUT2D eigenvalue weighted by atomic mass is 32.2. The van der Waals surface area contributed by atoms with Crippen molar-refractivity contribution in [3.05, 3.63) is 29.8 Å². The standard InChI is InChI=1S/C14H20N2O4S/c1-3-21(18,19)16-10-8-15(9-11-16)13-6-4-12(5-7-13)14(17)20-2/h4-7H,3,8-11H2,1-2H3. The highest BCUT2D eigenvalue weighted by Gasteiger charge is 2.25. The molecule has 0 saturated carbocycles. The lowest BCUT2D eigenvalue weighted by atomic mass is 10.2. The second kappa shape index (κ2) is 6.44. The van der Waals surface area contributed by atoms with Crippen LogP contribution in [0, 0.1) is 0 Å². The van der Waals surface area contributed by atoms with E-state index in [4.69, 9.17) is 0 Å². The molecule has 0 radical (unpaired) electrons. The van der Waals surface area contributed by atoms with E-state index < -0.39 is 10.0 Å². The number of piperazine rings is 1. The quantitative estimate of drug-likeness (QED) is 0.774. The number of hydrogen-bond donors (Lipinski definition) is 0.